The standard InChI is InChI=1S/C19H22O2/c1-12(18(20)21)16-2-4-17(5-3-16)19-9-13-6-14(10-19)8-15(7-13)11-19/h2-5,13-15H,1,6-11H2,(H,20,21). The Balaban J connectivity index is 1.65. The first-order valence-corrected chi connectivity index (χ1v) is 8.09. The third-order valence-corrected chi connectivity index (χ3v) is 6.14. The zero-order chi connectivity index (χ0) is 14.6. The largest absolute Gasteiger partial charge is 0.478 e. The minimum atomic E-state index is -0.933. The second kappa shape index (κ2) is 4.46. The van der Waals surface area contributed by atoms with Crippen molar-refractivity contribution in [1.82, 2.24) is 0 Å². The van der Waals surface area contributed by atoms with Crippen molar-refractivity contribution < 1.29 is 9.90 Å². The fraction of sp³-hybridized carbons (Fsp3) is 0.526. The molecule has 5 rings (SSSR count). The predicted octanol–water partition coefficient (Wildman–Crippen LogP) is 4.25. The van der Waals surface area contributed by atoms with Crippen LogP contribution >= 0.6 is 0 Å². The number of rotatable bonds is 3. The van der Waals surface area contributed by atoms with E-state index in [9.17, 15) is 4.79 Å². The van der Waals surface area contributed by atoms with Crippen LogP contribution in [0.4, 0.5) is 0 Å². The van der Waals surface area contributed by atoms with Gasteiger partial charge >= 0.3 is 5.97 Å². The Morgan fingerprint density at radius 1 is 1.00 bits per heavy atom. The molecule has 4 bridgehead atoms. The summed E-state index contributed by atoms with van der Waals surface area (Å²) in [6.07, 6.45) is 8.39. The lowest BCUT2D eigenvalue weighted by atomic mass is 9.48. The number of hydrogen-bond acceptors (Lipinski definition) is 1. The lowest BCUT2D eigenvalue weighted by Crippen LogP contribution is -2.48. The second-order valence-electron chi connectivity index (χ2n) is 7.56. The van der Waals surface area contributed by atoms with Crippen molar-refractivity contribution in [1.29, 1.82) is 0 Å². The zero-order valence-electron chi connectivity index (χ0n) is 12.3. The average molecular weight is 282 g/mol. The zero-order valence-corrected chi connectivity index (χ0v) is 12.3. The number of carbonyl (C=O) groups is 1. The molecule has 4 aliphatic carbocycles. The molecular formula is C19H22O2. The molecule has 0 atom stereocenters. The van der Waals surface area contributed by atoms with Gasteiger partial charge in [0.2, 0.25) is 0 Å². The molecular weight excluding hydrogens is 260 g/mol. The maximum atomic E-state index is 11.0. The van der Waals surface area contributed by atoms with Gasteiger partial charge in [0.05, 0.1) is 5.57 Å². The number of hydrogen-bond donors (Lipinski definition) is 1. The quantitative estimate of drug-likeness (QED) is 0.841. The summed E-state index contributed by atoms with van der Waals surface area (Å²) in [6.45, 7) is 3.65. The molecule has 1 aromatic rings. The predicted molar refractivity (Wildman–Crippen MR) is 83.0 cm³/mol. The highest BCUT2D eigenvalue weighted by Crippen LogP contribution is 2.60. The molecule has 2 heteroatoms. The fourth-order valence-electron chi connectivity index (χ4n) is 5.61. The normalized spacial score (nSPS) is 36.7. The Labute approximate surface area is 125 Å². The van der Waals surface area contributed by atoms with E-state index in [1.165, 1.54) is 44.1 Å². The molecule has 21 heavy (non-hydrogen) atoms. The molecule has 4 fully saturated rings. The maximum absolute atomic E-state index is 11.0. The van der Waals surface area contributed by atoms with E-state index in [0.717, 1.165) is 23.3 Å². The smallest absolute Gasteiger partial charge is 0.335 e. The lowest BCUT2D eigenvalue weighted by Gasteiger charge is -2.57. The molecule has 110 valence electrons. The lowest BCUT2D eigenvalue weighted by molar-refractivity contribution is -0.130. The van der Waals surface area contributed by atoms with Crippen LogP contribution in [-0.2, 0) is 10.2 Å². The molecule has 0 aromatic heterocycles. The Bertz CT molecular complexity index is 561. The minimum Gasteiger partial charge on any atom is -0.478 e. The van der Waals surface area contributed by atoms with E-state index < -0.39 is 5.97 Å². The van der Waals surface area contributed by atoms with Gasteiger partial charge in [-0.25, -0.2) is 4.79 Å². The van der Waals surface area contributed by atoms with E-state index in [0.29, 0.717) is 5.41 Å². The summed E-state index contributed by atoms with van der Waals surface area (Å²) in [6, 6.07) is 8.22. The van der Waals surface area contributed by atoms with Crippen molar-refractivity contribution >= 4 is 11.5 Å². The molecule has 1 aromatic carbocycles. The van der Waals surface area contributed by atoms with Crippen LogP contribution in [0, 0.1) is 17.8 Å². The molecule has 1 N–H and O–H groups in total. The molecule has 0 radical (unpaired) electrons. The summed E-state index contributed by atoms with van der Waals surface area (Å²) < 4.78 is 0. The summed E-state index contributed by atoms with van der Waals surface area (Å²) in [5, 5.41) is 9.04. The van der Waals surface area contributed by atoms with Gasteiger partial charge in [0.1, 0.15) is 0 Å². The van der Waals surface area contributed by atoms with E-state index in [2.05, 4.69) is 18.7 Å². The molecule has 0 amide bonds. The second-order valence-corrected chi connectivity index (χ2v) is 7.56. The summed E-state index contributed by atoms with van der Waals surface area (Å²) in [4.78, 5) is 11.0. The third-order valence-electron chi connectivity index (χ3n) is 6.14. The molecule has 0 aliphatic heterocycles. The van der Waals surface area contributed by atoms with Crippen LogP contribution in [-0.4, -0.2) is 11.1 Å². The van der Waals surface area contributed by atoms with E-state index in [4.69, 9.17) is 5.11 Å². The van der Waals surface area contributed by atoms with Crippen LogP contribution in [0.25, 0.3) is 5.57 Å². The van der Waals surface area contributed by atoms with Crippen LogP contribution < -0.4 is 0 Å². The van der Waals surface area contributed by atoms with E-state index >= 15 is 0 Å². The van der Waals surface area contributed by atoms with Gasteiger partial charge in [0.25, 0.3) is 0 Å². The summed E-state index contributed by atoms with van der Waals surface area (Å²) in [7, 11) is 0. The van der Waals surface area contributed by atoms with E-state index in [-0.39, 0.29) is 5.57 Å². The Morgan fingerprint density at radius 3 is 1.90 bits per heavy atom. The number of carboxylic acids is 1. The highest BCUT2D eigenvalue weighted by atomic mass is 16.4. The first-order chi connectivity index (χ1) is 10.1. The summed E-state index contributed by atoms with van der Waals surface area (Å²) in [5.74, 6) is 1.87. The SMILES string of the molecule is C=C(C(=O)O)c1ccc(C23CC4CC(CC(C4)C2)C3)cc1. The van der Waals surface area contributed by atoms with Crippen molar-refractivity contribution in [3.63, 3.8) is 0 Å². The Morgan fingerprint density at radius 2 is 1.48 bits per heavy atom. The van der Waals surface area contributed by atoms with Crippen molar-refractivity contribution in [2.45, 2.75) is 43.9 Å². The van der Waals surface area contributed by atoms with Gasteiger partial charge < -0.3 is 5.11 Å². The highest BCUT2D eigenvalue weighted by Gasteiger charge is 2.51. The third kappa shape index (κ3) is 2.04. The van der Waals surface area contributed by atoms with E-state index in [1.54, 1.807) is 0 Å². The Kier molecular flexibility index (Phi) is 2.79. The van der Waals surface area contributed by atoms with Crippen LogP contribution in [0.15, 0.2) is 30.8 Å². The number of benzene rings is 1. The molecule has 4 aliphatic rings. The van der Waals surface area contributed by atoms with Crippen molar-refractivity contribution in [2.75, 3.05) is 0 Å². The summed E-state index contributed by atoms with van der Waals surface area (Å²) in [5.41, 5.74) is 2.74. The molecule has 0 heterocycles. The Hall–Kier alpha value is -1.57. The average Bonchev–Trinajstić information content (AvgIpc) is 2.45. The maximum Gasteiger partial charge on any atom is 0.335 e. The van der Waals surface area contributed by atoms with Gasteiger partial charge in [0.15, 0.2) is 0 Å². The van der Waals surface area contributed by atoms with E-state index in [1.807, 2.05) is 12.1 Å². The van der Waals surface area contributed by atoms with Gasteiger partial charge in [-0.1, -0.05) is 30.8 Å². The number of carboxylic acid groups (broad SMARTS) is 1. The topological polar surface area (TPSA) is 37.3 Å². The molecule has 2 nitrogen and oxygen atoms in total. The molecule has 0 unspecified atom stereocenters. The van der Waals surface area contributed by atoms with Gasteiger partial charge in [-0.05, 0) is 72.8 Å². The first-order valence-electron chi connectivity index (χ1n) is 8.09. The fourth-order valence-corrected chi connectivity index (χ4v) is 5.61. The molecule has 4 saturated carbocycles. The van der Waals surface area contributed by atoms with Crippen molar-refractivity contribution in [2.24, 2.45) is 17.8 Å². The van der Waals surface area contributed by atoms with Crippen LogP contribution in [0.1, 0.15) is 49.7 Å². The summed E-state index contributed by atoms with van der Waals surface area (Å²) >= 11 is 0. The van der Waals surface area contributed by atoms with Crippen molar-refractivity contribution in [3.8, 4) is 0 Å². The van der Waals surface area contributed by atoms with Gasteiger partial charge in [-0.3, -0.25) is 0 Å². The molecule has 0 saturated heterocycles. The first kappa shape index (κ1) is 13.1. The van der Waals surface area contributed by atoms with Crippen LogP contribution in [0.3, 0.4) is 0 Å². The molecule has 0 spiro atoms. The van der Waals surface area contributed by atoms with Crippen LogP contribution in [0.5, 0.6) is 0 Å². The van der Waals surface area contributed by atoms with Crippen molar-refractivity contribution in [3.05, 3.63) is 42.0 Å². The monoisotopic (exact) mass is 282 g/mol. The van der Waals surface area contributed by atoms with Crippen LogP contribution in [0.2, 0.25) is 0 Å². The van der Waals surface area contributed by atoms with Gasteiger partial charge in [-0.2, -0.15) is 0 Å². The number of aliphatic carboxylic acids is 1. The van der Waals surface area contributed by atoms with Gasteiger partial charge in [0, 0.05) is 0 Å². The van der Waals surface area contributed by atoms with Gasteiger partial charge in [-0.15, -0.1) is 0 Å². The highest BCUT2D eigenvalue weighted by molar-refractivity contribution is 6.14. The minimum absolute atomic E-state index is 0.187.